The monoisotopic (exact) mass is 339 g/mol. The summed E-state index contributed by atoms with van der Waals surface area (Å²) in [6.45, 7) is 0.637. The Morgan fingerprint density at radius 2 is 1.91 bits per heavy atom. The van der Waals surface area contributed by atoms with Crippen molar-refractivity contribution < 1.29 is 14.3 Å². The lowest BCUT2D eigenvalue weighted by molar-refractivity contribution is 0.0944. The molecule has 0 aliphatic rings. The highest BCUT2D eigenvalue weighted by Gasteiger charge is 2.12. The Hall–Kier alpha value is -1.91. The zero-order valence-electron chi connectivity index (χ0n) is 11.9. The Kier molecular flexibility index (Phi) is 5.92. The molecule has 22 heavy (non-hydrogen) atoms. The van der Waals surface area contributed by atoms with E-state index in [0.717, 1.165) is 0 Å². The van der Waals surface area contributed by atoms with Crippen LogP contribution in [0.3, 0.4) is 0 Å². The summed E-state index contributed by atoms with van der Waals surface area (Å²) in [5, 5.41) is 3.75. The Bertz CT molecular complexity index is 662. The van der Waals surface area contributed by atoms with Crippen LogP contribution in [0.25, 0.3) is 0 Å². The number of carbonyl (C=O) groups is 1. The number of hydrogen-bond acceptors (Lipinski definition) is 3. The molecule has 0 saturated carbocycles. The standard InChI is InChI=1S/C16H15Cl2NO3/c1-21-14-7-6-11(17)10-12(14)16(20)19-8-9-22-15-5-3-2-4-13(15)18/h2-7,10H,8-9H2,1H3,(H,19,20). The van der Waals surface area contributed by atoms with Gasteiger partial charge in [0.2, 0.25) is 0 Å². The first kappa shape index (κ1) is 16.5. The van der Waals surface area contributed by atoms with Gasteiger partial charge in [-0.1, -0.05) is 35.3 Å². The first-order valence-corrected chi connectivity index (χ1v) is 7.36. The van der Waals surface area contributed by atoms with E-state index in [9.17, 15) is 4.79 Å². The van der Waals surface area contributed by atoms with Crippen LogP contribution in [0.15, 0.2) is 42.5 Å². The fraction of sp³-hybridized carbons (Fsp3) is 0.188. The number of benzene rings is 2. The molecule has 0 heterocycles. The van der Waals surface area contributed by atoms with Gasteiger partial charge in [-0.05, 0) is 30.3 Å². The van der Waals surface area contributed by atoms with Gasteiger partial charge in [0, 0.05) is 5.02 Å². The Labute approximate surface area is 138 Å². The molecule has 0 saturated heterocycles. The molecule has 116 valence electrons. The normalized spacial score (nSPS) is 10.1. The third-order valence-electron chi connectivity index (χ3n) is 2.89. The maximum Gasteiger partial charge on any atom is 0.255 e. The van der Waals surface area contributed by atoms with Crippen molar-refractivity contribution in [3.8, 4) is 11.5 Å². The zero-order chi connectivity index (χ0) is 15.9. The van der Waals surface area contributed by atoms with Crippen LogP contribution in [0.1, 0.15) is 10.4 Å². The SMILES string of the molecule is COc1ccc(Cl)cc1C(=O)NCCOc1ccccc1Cl. The topological polar surface area (TPSA) is 47.6 Å². The van der Waals surface area contributed by atoms with E-state index in [0.29, 0.717) is 40.3 Å². The van der Waals surface area contributed by atoms with E-state index in [1.807, 2.05) is 12.1 Å². The maximum atomic E-state index is 12.1. The van der Waals surface area contributed by atoms with Crippen LogP contribution in [-0.4, -0.2) is 26.2 Å². The van der Waals surface area contributed by atoms with Crippen LogP contribution in [0.4, 0.5) is 0 Å². The molecule has 0 aliphatic carbocycles. The molecule has 0 radical (unpaired) electrons. The molecule has 1 amide bonds. The number of para-hydroxylation sites is 1. The Morgan fingerprint density at radius 1 is 1.14 bits per heavy atom. The predicted molar refractivity (Wildman–Crippen MR) is 87.3 cm³/mol. The summed E-state index contributed by atoms with van der Waals surface area (Å²) < 4.78 is 10.6. The molecular formula is C16H15Cl2NO3. The van der Waals surface area contributed by atoms with Crippen molar-refractivity contribution in [2.45, 2.75) is 0 Å². The number of ether oxygens (including phenoxy) is 2. The first-order chi connectivity index (χ1) is 10.6. The molecule has 0 aliphatic heterocycles. The average molecular weight is 340 g/mol. The molecule has 0 aromatic heterocycles. The number of hydrogen-bond donors (Lipinski definition) is 1. The van der Waals surface area contributed by atoms with Gasteiger partial charge in [0.05, 0.1) is 24.2 Å². The summed E-state index contributed by atoms with van der Waals surface area (Å²) in [5.74, 6) is 0.773. The van der Waals surface area contributed by atoms with Crippen molar-refractivity contribution in [2.24, 2.45) is 0 Å². The van der Waals surface area contributed by atoms with Crippen molar-refractivity contribution in [1.82, 2.24) is 5.32 Å². The molecule has 2 aromatic rings. The van der Waals surface area contributed by atoms with Gasteiger partial charge >= 0.3 is 0 Å². The fourth-order valence-corrected chi connectivity index (χ4v) is 2.20. The largest absolute Gasteiger partial charge is 0.496 e. The molecule has 2 aromatic carbocycles. The second-order valence-corrected chi connectivity index (χ2v) is 5.22. The summed E-state index contributed by atoms with van der Waals surface area (Å²) >= 11 is 11.9. The molecule has 0 fully saturated rings. The summed E-state index contributed by atoms with van der Waals surface area (Å²) in [7, 11) is 1.50. The summed E-state index contributed by atoms with van der Waals surface area (Å²) in [5.41, 5.74) is 0.382. The smallest absolute Gasteiger partial charge is 0.255 e. The third kappa shape index (κ3) is 4.29. The lowest BCUT2D eigenvalue weighted by atomic mass is 10.2. The number of rotatable bonds is 6. The van der Waals surface area contributed by atoms with Gasteiger partial charge in [-0.3, -0.25) is 4.79 Å². The maximum absolute atomic E-state index is 12.1. The number of methoxy groups -OCH3 is 1. The number of halogens is 2. The van der Waals surface area contributed by atoms with Crippen molar-refractivity contribution >= 4 is 29.1 Å². The number of amides is 1. The van der Waals surface area contributed by atoms with Crippen molar-refractivity contribution in [3.05, 3.63) is 58.1 Å². The summed E-state index contributed by atoms with van der Waals surface area (Å²) in [6.07, 6.45) is 0. The third-order valence-corrected chi connectivity index (χ3v) is 3.44. The van der Waals surface area contributed by atoms with Crippen LogP contribution < -0.4 is 14.8 Å². The van der Waals surface area contributed by atoms with Crippen molar-refractivity contribution in [2.75, 3.05) is 20.3 Å². The fourth-order valence-electron chi connectivity index (χ4n) is 1.84. The van der Waals surface area contributed by atoms with Crippen molar-refractivity contribution in [1.29, 1.82) is 0 Å². The van der Waals surface area contributed by atoms with E-state index < -0.39 is 0 Å². The minimum atomic E-state index is -0.276. The van der Waals surface area contributed by atoms with Gasteiger partial charge in [-0.15, -0.1) is 0 Å². The van der Waals surface area contributed by atoms with Gasteiger partial charge in [0.15, 0.2) is 0 Å². The first-order valence-electron chi connectivity index (χ1n) is 6.61. The molecule has 0 bridgehead atoms. The minimum absolute atomic E-state index is 0.276. The van der Waals surface area contributed by atoms with E-state index in [1.54, 1.807) is 30.3 Å². The van der Waals surface area contributed by atoms with E-state index in [1.165, 1.54) is 7.11 Å². The molecule has 6 heteroatoms. The van der Waals surface area contributed by atoms with E-state index in [2.05, 4.69) is 5.32 Å². The molecular weight excluding hydrogens is 325 g/mol. The highest BCUT2D eigenvalue weighted by Crippen LogP contribution is 2.23. The van der Waals surface area contributed by atoms with Gasteiger partial charge in [-0.25, -0.2) is 0 Å². The molecule has 0 unspecified atom stereocenters. The van der Waals surface area contributed by atoms with E-state index >= 15 is 0 Å². The van der Waals surface area contributed by atoms with Gasteiger partial charge < -0.3 is 14.8 Å². The van der Waals surface area contributed by atoms with Gasteiger partial charge in [0.1, 0.15) is 18.1 Å². The molecule has 0 atom stereocenters. The summed E-state index contributed by atoms with van der Waals surface area (Å²) in [6, 6.07) is 12.0. The molecule has 2 rings (SSSR count). The molecule has 1 N–H and O–H groups in total. The average Bonchev–Trinajstić information content (AvgIpc) is 2.52. The second-order valence-electron chi connectivity index (χ2n) is 4.38. The Balaban J connectivity index is 1.88. The highest BCUT2D eigenvalue weighted by molar-refractivity contribution is 6.32. The zero-order valence-corrected chi connectivity index (χ0v) is 13.4. The quantitative estimate of drug-likeness (QED) is 0.814. The predicted octanol–water partition coefficient (Wildman–Crippen LogP) is 3.81. The van der Waals surface area contributed by atoms with Crippen LogP contribution >= 0.6 is 23.2 Å². The van der Waals surface area contributed by atoms with Crippen molar-refractivity contribution in [3.63, 3.8) is 0 Å². The molecule has 4 nitrogen and oxygen atoms in total. The lowest BCUT2D eigenvalue weighted by Gasteiger charge is -2.11. The second kappa shape index (κ2) is 7.92. The van der Waals surface area contributed by atoms with E-state index in [4.69, 9.17) is 32.7 Å². The minimum Gasteiger partial charge on any atom is -0.496 e. The molecule has 0 spiro atoms. The van der Waals surface area contributed by atoms with Crippen LogP contribution in [0.5, 0.6) is 11.5 Å². The van der Waals surface area contributed by atoms with Crippen LogP contribution in [0.2, 0.25) is 10.0 Å². The summed E-state index contributed by atoms with van der Waals surface area (Å²) in [4.78, 5) is 12.1. The van der Waals surface area contributed by atoms with Crippen LogP contribution in [0, 0.1) is 0 Å². The number of nitrogens with one attached hydrogen (secondary N) is 1. The Morgan fingerprint density at radius 3 is 2.64 bits per heavy atom. The van der Waals surface area contributed by atoms with Crippen LogP contribution in [-0.2, 0) is 0 Å². The van der Waals surface area contributed by atoms with E-state index in [-0.39, 0.29) is 5.91 Å². The van der Waals surface area contributed by atoms with Gasteiger partial charge in [0.25, 0.3) is 5.91 Å². The number of carbonyl (C=O) groups excluding carboxylic acids is 1. The highest BCUT2D eigenvalue weighted by atomic mass is 35.5. The van der Waals surface area contributed by atoms with Gasteiger partial charge in [-0.2, -0.15) is 0 Å². The lowest BCUT2D eigenvalue weighted by Crippen LogP contribution is -2.28.